The van der Waals surface area contributed by atoms with Gasteiger partial charge in [-0.1, -0.05) is 37.6 Å². The summed E-state index contributed by atoms with van der Waals surface area (Å²) in [5.74, 6) is 0.412. The third-order valence-corrected chi connectivity index (χ3v) is 6.17. The number of esters is 1. The number of nitrogens with one attached hydrogen (secondary N) is 1. The lowest BCUT2D eigenvalue weighted by Crippen LogP contribution is -2.15. The summed E-state index contributed by atoms with van der Waals surface area (Å²) in [7, 11) is 0. The lowest BCUT2D eigenvalue weighted by Gasteiger charge is -2.12. The lowest BCUT2D eigenvalue weighted by molar-refractivity contribution is 0.0529. The Morgan fingerprint density at radius 3 is 2.36 bits per heavy atom. The standard InChI is InChI=1S/C27H31NO4S/c1-7-31-27(30)24-23(22-14-17(4)8-9-18(22)5)19(6)33-26(24)28-25(29)20-10-12-21(13-11-20)32-15-16(2)3/h8-14,16H,7,15H2,1-6H3,(H,28,29). The number of hydrogen-bond donors (Lipinski definition) is 1. The quantitative estimate of drug-likeness (QED) is 0.371. The Morgan fingerprint density at radius 2 is 1.73 bits per heavy atom. The molecule has 0 atom stereocenters. The van der Waals surface area contributed by atoms with Crippen molar-refractivity contribution >= 4 is 28.2 Å². The molecule has 3 aromatic rings. The summed E-state index contributed by atoms with van der Waals surface area (Å²) < 4.78 is 11.1. The van der Waals surface area contributed by atoms with Crippen LogP contribution in [0.15, 0.2) is 42.5 Å². The van der Waals surface area contributed by atoms with Gasteiger partial charge >= 0.3 is 5.97 Å². The number of anilines is 1. The monoisotopic (exact) mass is 465 g/mol. The van der Waals surface area contributed by atoms with Gasteiger partial charge in [-0.2, -0.15) is 0 Å². The molecule has 0 fully saturated rings. The molecule has 0 spiro atoms. The molecule has 6 heteroatoms. The van der Waals surface area contributed by atoms with Crippen molar-refractivity contribution in [1.82, 2.24) is 0 Å². The van der Waals surface area contributed by atoms with E-state index in [1.165, 1.54) is 11.3 Å². The van der Waals surface area contributed by atoms with Gasteiger partial charge in [0.15, 0.2) is 0 Å². The van der Waals surface area contributed by atoms with Gasteiger partial charge in [0.05, 0.1) is 13.2 Å². The van der Waals surface area contributed by atoms with Gasteiger partial charge in [0.1, 0.15) is 16.3 Å². The van der Waals surface area contributed by atoms with E-state index in [2.05, 4.69) is 25.2 Å². The van der Waals surface area contributed by atoms with Crippen LogP contribution in [0.1, 0.15) is 57.5 Å². The molecule has 0 saturated carbocycles. The smallest absolute Gasteiger partial charge is 0.341 e. The van der Waals surface area contributed by atoms with Crippen molar-refractivity contribution in [3.8, 4) is 16.9 Å². The maximum Gasteiger partial charge on any atom is 0.341 e. The number of carbonyl (C=O) groups excluding carboxylic acids is 2. The molecule has 1 N–H and O–H groups in total. The van der Waals surface area contributed by atoms with Crippen LogP contribution in [0.3, 0.4) is 0 Å². The molecule has 0 radical (unpaired) electrons. The normalized spacial score (nSPS) is 10.9. The summed E-state index contributed by atoms with van der Waals surface area (Å²) in [6, 6.07) is 13.2. The summed E-state index contributed by atoms with van der Waals surface area (Å²) in [4.78, 5) is 26.9. The van der Waals surface area contributed by atoms with Crippen LogP contribution >= 0.6 is 11.3 Å². The fraction of sp³-hybridized carbons (Fsp3) is 0.333. The number of hydrogen-bond acceptors (Lipinski definition) is 5. The Balaban J connectivity index is 1.95. The predicted octanol–water partition coefficient (Wildman–Crippen LogP) is 6.80. The first-order valence-corrected chi connectivity index (χ1v) is 11.9. The average Bonchev–Trinajstić information content (AvgIpc) is 3.09. The Bertz CT molecular complexity index is 1150. The van der Waals surface area contributed by atoms with Gasteiger partial charge in [-0.3, -0.25) is 4.79 Å². The van der Waals surface area contributed by atoms with E-state index in [4.69, 9.17) is 9.47 Å². The minimum absolute atomic E-state index is 0.255. The number of rotatable bonds is 8. The SMILES string of the molecule is CCOC(=O)c1c(NC(=O)c2ccc(OCC(C)C)cc2)sc(C)c1-c1cc(C)ccc1C. The second-order valence-electron chi connectivity index (χ2n) is 8.46. The van der Waals surface area contributed by atoms with E-state index in [9.17, 15) is 9.59 Å². The second-order valence-corrected chi connectivity index (χ2v) is 9.68. The summed E-state index contributed by atoms with van der Waals surface area (Å²) in [6.45, 7) is 12.8. The summed E-state index contributed by atoms with van der Waals surface area (Å²) in [6.07, 6.45) is 0. The van der Waals surface area contributed by atoms with E-state index in [1.54, 1.807) is 31.2 Å². The van der Waals surface area contributed by atoms with Gasteiger partial charge in [0.25, 0.3) is 5.91 Å². The van der Waals surface area contributed by atoms with Gasteiger partial charge < -0.3 is 14.8 Å². The van der Waals surface area contributed by atoms with Gasteiger partial charge in [0, 0.05) is 16.0 Å². The molecule has 0 aliphatic rings. The third kappa shape index (κ3) is 5.82. The molecule has 3 rings (SSSR count). The second kappa shape index (κ2) is 10.7. The lowest BCUT2D eigenvalue weighted by atomic mass is 9.95. The Morgan fingerprint density at radius 1 is 1.03 bits per heavy atom. The van der Waals surface area contributed by atoms with Crippen LogP contribution in [-0.4, -0.2) is 25.1 Å². The zero-order valence-electron chi connectivity index (χ0n) is 20.1. The number of thiophene rings is 1. The fourth-order valence-electron chi connectivity index (χ4n) is 3.50. The molecule has 1 aromatic heterocycles. The highest BCUT2D eigenvalue weighted by molar-refractivity contribution is 7.17. The van der Waals surface area contributed by atoms with E-state index in [-0.39, 0.29) is 12.5 Å². The largest absolute Gasteiger partial charge is 0.493 e. The van der Waals surface area contributed by atoms with Crippen molar-refractivity contribution in [3.05, 3.63) is 69.6 Å². The van der Waals surface area contributed by atoms with E-state index >= 15 is 0 Å². The summed E-state index contributed by atoms with van der Waals surface area (Å²) in [5, 5.41) is 3.43. The first-order chi connectivity index (χ1) is 15.7. The first kappa shape index (κ1) is 24.5. The molecule has 0 bridgehead atoms. The van der Waals surface area contributed by atoms with E-state index < -0.39 is 5.97 Å². The van der Waals surface area contributed by atoms with Gasteiger partial charge in [-0.05, 0) is 69.0 Å². The molecule has 0 aliphatic heterocycles. The molecular weight excluding hydrogens is 434 g/mol. The first-order valence-electron chi connectivity index (χ1n) is 11.1. The molecule has 0 unspecified atom stereocenters. The van der Waals surface area contributed by atoms with Crippen LogP contribution in [0, 0.1) is 26.7 Å². The Kier molecular flexibility index (Phi) is 7.92. The number of aryl methyl sites for hydroxylation is 3. The average molecular weight is 466 g/mol. The molecule has 174 valence electrons. The fourth-order valence-corrected chi connectivity index (χ4v) is 4.55. The van der Waals surface area contributed by atoms with Crippen LogP contribution < -0.4 is 10.1 Å². The van der Waals surface area contributed by atoms with Crippen LogP contribution in [0.25, 0.3) is 11.1 Å². The van der Waals surface area contributed by atoms with Crippen LogP contribution in [0.5, 0.6) is 5.75 Å². The third-order valence-electron chi connectivity index (χ3n) is 5.15. The maximum absolute atomic E-state index is 13.0. The summed E-state index contributed by atoms with van der Waals surface area (Å²) >= 11 is 1.38. The van der Waals surface area contributed by atoms with E-state index in [0.717, 1.165) is 32.9 Å². The van der Waals surface area contributed by atoms with Gasteiger partial charge in [-0.25, -0.2) is 4.79 Å². The van der Waals surface area contributed by atoms with E-state index in [1.807, 2.05) is 32.9 Å². The number of benzene rings is 2. The highest BCUT2D eigenvalue weighted by atomic mass is 32.1. The Labute approximate surface area is 199 Å². The predicted molar refractivity (Wildman–Crippen MR) is 135 cm³/mol. The van der Waals surface area contributed by atoms with Crippen molar-refractivity contribution in [2.24, 2.45) is 5.92 Å². The minimum atomic E-state index is -0.439. The zero-order chi connectivity index (χ0) is 24.1. The number of carbonyl (C=O) groups is 2. The van der Waals surface area contributed by atoms with Gasteiger partial charge in [-0.15, -0.1) is 11.3 Å². The number of ether oxygens (including phenoxy) is 2. The van der Waals surface area contributed by atoms with Crippen molar-refractivity contribution in [3.63, 3.8) is 0 Å². The molecular formula is C27H31NO4S. The highest BCUT2D eigenvalue weighted by Crippen LogP contribution is 2.42. The van der Waals surface area contributed by atoms with E-state index in [0.29, 0.717) is 28.7 Å². The molecule has 2 aromatic carbocycles. The maximum atomic E-state index is 13.0. The molecule has 5 nitrogen and oxygen atoms in total. The zero-order valence-corrected chi connectivity index (χ0v) is 20.9. The molecule has 1 heterocycles. The van der Waals surface area contributed by atoms with Crippen LogP contribution in [-0.2, 0) is 4.74 Å². The minimum Gasteiger partial charge on any atom is -0.493 e. The molecule has 33 heavy (non-hydrogen) atoms. The topological polar surface area (TPSA) is 64.6 Å². The molecule has 0 saturated heterocycles. The van der Waals surface area contributed by atoms with Crippen molar-refractivity contribution < 1.29 is 19.1 Å². The van der Waals surface area contributed by atoms with Gasteiger partial charge in [0.2, 0.25) is 0 Å². The van der Waals surface area contributed by atoms with Crippen LogP contribution in [0.4, 0.5) is 5.00 Å². The van der Waals surface area contributed by atoms with Crippen molar-refractivity contribution in [2.75, 3.05) is 18.5 Å². The molecule has 1 amide bonds. The Hall–Kier alpha value is -3.12. The number of amides is 1. The van der Waals surface area contributed by atoms with Crippen molar-refractivity contribution in [2.45, 2.75) is 41.5 Å². The molecule has 0 aliphatic carbocycles. The summed E-state index contributed by atoms with van der Waals surface area (Å²) in [5.41, 5.74) is 4.83. The van der Waals surface area contributed by atoms with Crippen molar-refractivity contribution in [1.29, 1.82) is 0 Å². The highest BCUT2D eigenvalue weighted by Gasteiger charge is 2.26. The van der Waals surface area contributed by atoms with Crippen LogP contribution in [0.2, 0.25) is 0 Å².